The molecule has 0 heterocycles. The molecule has 1 amide bonds. The van der Waals surface area contributed by atoms with Gasteiger partial charge in [0.2, 0.25) is 5.91 Å². The first-order valence-corrected chi connectivity index (χ1v) is 6.03. The molecule has 0 aliphatic carbocycles. The molecule has 0 fully saturated rings. The summed E-state index contributed by atoms with van der Waals surface area (Å²) >= 11 is 0. The van der Waals surface area contributed by atoms with Gasteiger partial charge in [0.25, 0.3) is 0 Å². The summed E-state index contributed by atoms with van der Waals surface area (Å²) in [4.78, 5) is 22.2. The van der Waals surface area contributed by atoms with Crippen LogP contribution < -0.4 is 10.6 Å². The van der Waals surface area contributed by atoms with Gasteiger partial charge in [0, 0.05) is 25.6 Å². The number of carboxylic acids is 1. The molecule has 0 aliphatic rings. The van der Waals surface area contributed by atoms with Gasteiger partial charge in [-0.3, -0.25) is 9.59 Å². The topological polar surface area (TPSA) is 78.4 Å². The van der Waals surface area contributed by atoms with Crippen molar-refractivity contribution >= 4 is 11.9 Å². The number of hydrogen-bond donors (Lipinski definition) is 3. The van der Waals surface area contributed by atoms with E-state index < -0.39 is 11.4 Å². The second kappa shape index (κ2) is 7.27. The summed E-state index contributed by atoms with van der Waals surface area (Å²) in [5.74, 6) is -0.839. The molecule has 0 bridgehead atoms. The van der Waals surface area contributed by atoms with Crippen LogP contribution in [-0.4, -0.2) is 36.1 Å². The van der Waals surface area contributed by atoms with Gasteiger partial charge in [0.05, 0.1) is 5.41 Å². The number of carbonyl (C=O) groups excluding carboxylic acids is 1. The van der Waals surface area contributed by atoms with Crippen molar-refractivity contribution in [1.29, 1.82) is 0 Å². The largest absolute Gasteiger partial charge is 0.481 e. The van der Waals surface area contributed by atoms with Crippen molar-refractivity contribution in [1.82, 2.24) is 10.6 Å². The van der Waals surface area contributed by atoms with Crippen LogP contribution in [0, 0.1) is 5.41 Å². The maximum atomic E-state index is 11.4. The van der Waals surface area contributed by atoms with Gasteiger partial charge in [-0.25, -0.2) is 0 Å². The fraction of sp³-hybridized carbons (Fsp3) is 0.833. The third-order valence-corrected chi connectivity index (χ3v) is 2.69. The van der Waals surface area contributed by atoms with Gasteiger partial charge in [-0.15, -0.1) is 0 Å². The van der Waals surface area contributed by atoms with Crippen LogP contribution in [0.25, 0.3) is 0 Å². The minimum atomic E-state index is -0.839. The number of aliphatic carboxylic acids is 1. The molecule has 0 aromatic rings. The Labute approximate surface area is 103 Å². The van der Waals surface area contributed by atoms with Crippen LogP contribution in [0.4, 0.5) is 0 Å². The Morgan fingerprint density at radius 2 is 1.94 bits per heavy atom. The van der Waals surface area contributed by atoms with Gasteiger partial charge in [0.1, 0.15) is 0 Å². The minimum absolute atomic E-state index is 0.0000175. The van der Waals surface area contributed by atoms with Crippen LogP contribution in [0.2, 0.25) is 0 Å². The molecule has 0 aliphatic heterocycles. The Kier molecular flexibility index (Phi) is 6.80. The standard InChI is InChI=1S/C12H24N2O3/c1-5-9(2)14-10(15)6-7-13-8-12(3,4)11(16)17/h9,13H,5-8H2,1-4H3,(H,14,15)(H,16,17). The van der Waals surface area contributed by atoms with E-state index in [0.717, 1.165) is 6.42 Å². The van der Waals surface area contributed by atoms with Gasteiger partial charge in [-0.2, -0.15) is 0 Å². The molecule has 0 aromatic carbocycles. The van der Waals surface area contributed by atoms with Crippen LogP contribution >= 0.6 is 0 Å². The van der Waals surface area contributed by atoms with E-state index in [1.807, 2.05) is 13.8 Å². The molecule has 1 atom stereocenters. The lowest BCUT2D eigenvalue weighted by molar-refractivity contribution is -0.146. The molecular formula is C12H24N2O3. The van der Waals surface area contributed by atoms with Crippen LogP contribution in [0.1, 0.15) is 40.5 Å². The first kappa shape index (κ1) is 15.9. The molecule has 0 saturated carbocycles. The predicted molar refractivity (Wildman–Crippen MR) is 66.8 cm³/mol. The number of carbonyl (C=O) groups is 2. The molecular weight excluding hydrogens is 220 g/mol. The number of carboxylic acid groups (broad SMARTS) is 1. The smallest absolute Gasteiger partial charge is 0.310 e. The second-order valence-corrected chi connectivity index (χ2v) is 4.99. The van der Waals surface area contributed by atoms with Crippen LogP contribution in [0.15, 0.2) is 0 Å². The maximum Gasteiger partial charge on any atom is 0.310 e. The normalized spacial score (nSPS) is 13.2. The van der Waals surface area contributed by atoms with Gasteiger partial charge < -0.3 is 15.7 Å². The second-order valence-electron chi connectivity index (χ2n) is 4.99. The van der Waals surface area contributed by atoms with E-state index in [1.165, 1.54) is 0 Å². The van der Waals surface area contributed by atoms with E-state index >= 15 is 0 Å². The summed E-state index contributed by atoms with van der Waals surface area (Å²) in [6, 6.07) is 0.193. The highest BCUT2D eigenvalue weighted by Crippen LogP contribution is 2.12. The number of hydrogen-bond acceptors (Lipinski definition) is 3. The van der Waals surface area contributed by atoms with Crippen molar-refractivity contribution in [3.8, 4) is 0 Å². The Morgan fingerprint density at radius 1 is 1.35 bits per heavy atom. The molecule has 0 spiro atoms. The molecule has 5 nitrogen and oxygen atoms in total. The highest BCUT2D eigenvalue weighted by Gasteiger charge is 2.26. The first-order chi connectivity index (χ1) is 7.79. The lowest BCUT2D eigenvalue weighted by Gasteiger charge is -2.19. The number of amides is 1. The fourth-order valence-corrected chi connectivity index (χ4v) is 1.13. The molecule has 3 N–H and O–H groups in total. The van der Waals surface area contributed by atoms with Crippen molar-refractivity contribution < 1.29 is 14.7 Å². The molecule has 5 heteroatoms. The highest BCUT2D eigenvalue weighted by atomic mass is 16.4. The zero-order valence-electron chi connectivity index (χ0n) is 11.2. The van der Waals surface area contributed by atoms with E-state index in [2.05, 4.69) is 10.6 Å². The molecule has 0 radical (unpaired) electrons. The number of nitrogens with one attached hydrogen (secondary N) is 2. The number of rotatable bonds is 8. The minimum Gasteiger partial charge on any atom is -0.481 e. The monoisotopic (exact) mass is 244 g/mol. The van der Waals surface area contributed by atoms with Gasteiger partial charge in [0.15, 0.2) is 0 Å². The van der Waals surface area contributed by atoms with Crippen molar-refractivity contribution in [3.63, 3.8) is 0 Å². The van der Waals surface area contributed by atoms with Crippen molar-refractivity contribution in [2.75, 3.05) is 13.1 Å². The average molecular weight is 244 g/mol. The predicted octanol–water partition coefficient (Wildman–Crippen LogP) is 0.992. The summed E-state index contributed by atoms with van der Waals surface area (Å²) in [7, 11) is 0. The van der Waals surface area contributed by atoms with Gasteiger partial charge >= 0.3 is 5.97 Å². The Bertz CT molecular complexity index is 264. The highest BCUT2D eigenvalue weighted by molar-refractivity contribution is 5.76. The van der Waals surface area contributed by atoms with E-state index in [1.54, 1.807) is 13.8 Å². The zero-order valence-corrected chi connectivity index (χ0v) is 11.2. The molecule has 0 saturated heterocycles. The summed E-state index contributed by atoms with van der Waals surface area (Å²) < 4.78 is 0. The quantitative estimate of drug-likeness (QED) is 0.556. The summed E-state index contributed by atoms with van der Waals surface area (Å²) in [5.41, 5.74) is -0.798. The zero-order chi connectivity index (χ0) is 13.5. The van der Waals surface area contributed by atoms with E-state index in [4.69, 9.17) is 5.11 Å². The average Bonchev–Trinajstić information content (AvgIpc) is 2.24. The molecule has 100 valence electrons. The summed E-state index contributed by atoms with van der Waals surface area (Å²) in [5, 5.41) is 14.7. The molecule has 0 rings (SSSR count). The third-order valence-electron chi connectivity index (χ3n) is 2.69. The third kappa shape index (κ3) is 6.94. The molecule has 0 aromatic heterocycles. The van der Waals surface area contributed by atoms with E-state index in [-0.39, 0.29) is 11.9 Å². The van der Waals surface area contributed by atoms with Gasteiger partial charge in [-0.05, 0) is 27.2 Å². The van der Waals surface area contributed by atoms with Crippen molar-refractivity contribution in [3.05, 3.63) is 0 Å². The van der Waals surface area contributed by atoms with Crippen LogP contribution in [-0.2, 0) is 9.59 Å². The lowest BCUT2D eigenvalue weighted by Crippen LogP contribution is -2.38. The van der Waals surface area contributed by atoms with Crippen LogP contribution in [0.5, 0.6) is 0 Å². The Hall–Kier alpha value is -1.10. The SMILES string of the molecule is CCC(C)NC(=O)CCNCC(C)(C)C(=O)O. The Morgan fingerprint density at radius 3 is 2.41 bits per heavy atom. The summed E-state index contributed by atoms with van der Waals surface area (Å²) in [6.45, 7) is 8.14. The van der Waals surface area contributed by atoms with Gasteiger partial charge in [-0.1, -0.05) is 6.92 Å². The lowest BCUT2D eigenvalue weighted by atomic mass is 9.94. The van der Waals surface area contributed by atoms with Crippen molar-refractivity contribution in [2.24, 2.45) is 5.41 Å². The van der Waals surface area contributed by atoms with Crippen molar-refractivity contribution in [2.45, 2.75) is 46.6 Å². The maximum absolute atomic E-state index is 11.4. The molecule has 17 heavy (non-hydrogen) atoms. The van der Waals surface area contributed by atoms with E-state index in [0.29, 0.717) is 19.5 Å². The summed E-state index contributed by atoms with van der Waals surface area (Å²) in [6.07, 6.45) is 1.28. The first-order valence-electron chi connectivity index (χ1n) is 6.03. The van der Waals surface area contributed by atoms with Crippen LogP contribution in [0.3, 0.4) is 0 Å². The Balaban J connectivity index is 3.72. The van der Waals surface area contributed by atoms with E-state index in [9.17, 15) is 9.59 Å². The molecule has 1 unspecified atom stereocenters. The fourth-order valence-electron chi connectivity index (χ4n) is 1.13.